The third-order valence-electron chi connectivity index (χ3n) is 5.23. The zero-order valence-corrected chi connectivity index (χ0v) is 16.2. The molecule has 0 N–H and O–H groups in total. The van der Waals surface area contributed by atoms with Gasteiger partial charge in [-0.25, -0.2) is 0 Å². The van der Waals surface area contributed by atoms with E-state index in [1.165, 1.54) is 17.7 Å². The summed E-state index contributed by atoms with van der Waals surface area (Å²) in [7, 11) is 0. The van der Waals surface area contributed by atoms with Crippen molar-refractivity contribution in [3.63, 3.8) is 0 Å². The summed E-state index contributed by atoms with van der Waals surface area (Å²) in [5.41, 5.74) is 4.54. The lowest BCUT2D eigenvalue weighted by Crippen LogP contribution is -2.40. The molecule has 5 heteroatoms. The molecule has 1 atom stereocenters. The van der Waals surface area contributed by atoms with Gasteiger partial charge in [-0.2, -0.15) is 5.10 Å². The van der Waals surface area contributed by atoms with Crippen molar-refractivity contribution in [3.05, 3.63) is 47.0 Å². The summed E-state index contributed by atoms with van der Waals surface area (Å²) in [6.45, 7) is 8.69. The number of likely N-dealkylation sites (tertiary alicyclic amines) is 1. The summed E-state index contributed by atoms with van der Waals surface area (Å²) in [6, 6.07) is 6.31. The zero-order chi connectivity index (χ0) is 18.5. The number of carbonyl (C=O) groups is 1. The monoisotopic (exact) mass is 354 g/mol. The fourth-order valence-electron chi connectivity index (χ4n) is 3.85. The van der Waals surface area contributed by atoms with Crippen molar-refractivity contribution in [2.75, 3.05) is 13.1 Å². The minimum Gasteiger partial charge on any atom is -0.342 e. The van der Waals surface area contributed by atoms with Gasteiger partial charge in [0.15, 0.2) is 0 Å². The van der Waals surface area contributed by atoms with Crippen LogP contribution in [0.3, 0.4) is 0 Å². The van der Waals surface area contributed by atoms with Crippen molar-refractivity contribution in [2.24, 2.45) is 5.92 Å². The van der Waals surface area contributed by atoms with Gasteiger partial charge in [0.2, 0.25) is 5.91 Å². The Balaban J connectivity index is 1.46. The van der Waals surface area contributed by atoms with Crippen LogP contribution in [0.15, 0.2) is 24.4 Å². The van der Waals surface area contributed by atoms with Crippen LogP contribution >= 0.6 is 0 Å². The van der Waals surface area contributed by atoms with Crippen molar-refractivity contribution in [2.45, 2.75) is 59.4 Å². The van der Waals surface area contributed by atoms with Crippen molar-refractivity contribution < 1.29 is 4.79 Å². The molecule has 3 rings (SSSR count). The Morgan fingerprint density at radius 1 is 1.23 bits per heavy atom. The molecule has 0 saturated carbocycles. The molecule has 1 fully saturated rings. The van der Waals surface area contributed by atoms with E-state index in [1.807, 2.05) is 24.7 Å². The van der Waals surface area contributed by atoms with E-state index >= 15 is 0 Å². The largest absolute Gasteiger partial charge is 0.342 e. The van der Waals surface area contributed by atoms with E-state index in [1.54, 1.807) is 0 Å². The third kappa shape index (κ3) is 4.93. The van der Waals surface area contributed by atoms with Crippen molar-refractivity contribution in [3.8, 4) is 0 Å². The summed E-state index contributed by atoms with van der Waals surface area (Å²) in [4.78, 5) is 19.1. The van der Waals surface area contributed by atoms with E-state index in [9.17, 15) is 4.79 Å². The first-order chi connectivity index (χ1) is 12.5. The fraction of sp³-hybridized carbons (Fsp3) is 0.571. The third-order valence-corrected chi connectivity index (χ3v) is 5.23. The molecule has 0 radical (unpaired) electrons. The average Bonchev–Trinajstić information content (AvgIpc) is 2.94. The maximum Gasteiger partial charge on any atom is 0.222 e. The van der Waals surface area contributed by atoms with E-state index in [0.29, 0.717) is 18.2 Å². The molecule has 0 spiro atoms. The first-order valence-electron chi connectivity index (χ1n) is 9.71. The predicted octanol–water partition coefficient (Wildman–Crippen LogP) is 3.46. The molecule has 3 heterocycles. The SMILES string of the molecule is Cc1ccc(C[C@H]2CCCN(C(=O)CCCn3nc(C)cc3C)C2)cn1. The molecule has 0 aliphatic carbocycles. The van der Waals surface area contributed by atoms with Crippen LogP contribution < -0.4 is 0 Å². The van der Waals surface area contributed by atoms with Gasteiger partial charge in [0.05, 0.1) is 5.69 Å². The van der Waals surface area contributed by atoms with E-state index < -0.39 is 0 Å². The molecule has 1 aliphatic rings. The molecule has 2 aromatic heterocycles. The Labute approximate surface area is 156 Å². The quantitative estimate of drug-likeness (QED) is 0.798. The van der Waals surface area contributed by atoms with Crippen LogP contribution in [0, 0.1) is 26.7 Å². The average molecular weight is 354 g/mol. The van der Waals surface area contributed by atoms with E-state index in [4.69, 9.17) is 0 Å². The summed E-state index contributed by atoms with van der Waals surface area (Å²) in [5, 5.41) is 4.47. The van der Waals surface area contributed by atoms with Gasteiger partial charge in [-0.15, -0.1) is 0 Å². The number of carbonyl (C=O) groups excluding carboxylic acids is 1. The summed E-state index contributed by atoms with van der Waals surface area (Å²) >= 11 is 0. The highest BCUT2D eigenvalue weighted by atomic mass is 16.2. The second kappa shape index (κ2) is 8.47. The Morgan fingerprint density at radius 3 is 2.77 bits per heavy atom. The first kappa shape index (κ1) is 18.6. The highest BCUT2D eigenvalue weighted by Gasteiger charge is 2.23. The number of piperidine rings is 1. The van der Waals surface area contributed by atoms with Crippen LogP contribution in [-0.4, -0.2) is 38.7 Å². The lowest BCUT2D eigenvalue weighted by molar-refractivity contribution is -0.133. The van der Waals surface area contributed by atoms with Crippen LogP contribution in [-0.2, 0) is 17.8 Å². The highest BCUT2D eigenvalue weighted by Crippen LogP contribution is 2.21. The molecule has 2 aromatic rings. The van der Waals surface area contributed by atoms with Crippen LogP contribution in [0.5, 0.6) is 0 Å². The Hall–Kier alpha value is -2.17. The molecule has 26 heavy (non-hydrogen) atoms. The van der Waals surface area contributed by atoms with Gasteiger partial charge in [-0.3, -0.25) is 14.5 Å². The number of hydrogen-bond acceptors (Lipinski definition) is 3. The van der Waals surface area contributed by atoms with Gasteiger partial charge >= 0.3 is 0 Å². The fourth-order valence-corrected chi connectivity index (χ4v) is 3.85. The zero-order valence-electron chi connectivity index (χ0n) is 16.2. The van der Waals surface area contributed by atoms with Crippen molar-refractivity contribution >= 4 is 5.91 Å². The maximum absolute atomic E-state index is 12.6. The molecule has 0 unspecified atom stereocenters. The Morgan fingerprint density at radius 2 is 2.08 bits per heavy atom. The van der Waals surface area contributed by atoms with Gasteiger partial charge in [0, 0.05) is 43.6 Å². The first-order valence-corrected chi connectivity index (χ1v) is 9.71. The van der Waals surface area contributed by atoms with Gasteiger partial charge in [-0.1, -0.05) is 6.07 Å². The normalized spacial score (nSPS) is 17.5. The number of aryl methyl sites for hydroxylation is 4. The van der Waals surface area contributed by atoms with E-state index in [0.717, 1.165) is 50.3 Å². The lowest BCUT2D eigenvalue weighted by Gasteiger charge is -2.33. The minimum absolute atomic E-state index is 0.290. The van der Waals surface area contributed by atoms with Crippen LogP contribution in [0.1, 0.15) is 48.3 Å². The van der Waals surface area contributed by atoms with E-state index in [2.05, 4.69) is 40.1 Å². The topological polar surface area (TPSA) is 51.0 Å². The summed E-state index contributed by atoms with van der Waals surface area (Å²) < 4.78 is 2.01. The molecular weight excluding hydrogens is 324 g/mol. The number of nitrogens with zero attached hydrogens (tertiary/aromatic N) is 4. The molecule has 0 bridgehead atoms. The van der Waals surface area contributed by atoms with E-state index in [-0.39, 0.29) is 0 Å². The van der Waals surface area contributed by atoms with Crippen LogP contribution in [0.2, 0.25) is 0 Å². The molecule has 0 aromatic carbocycles. The Kier molecular flexibility index (Phi) is 6.07. The Bertz CT molecular complexity index is 735. The van der Waals surface area contributed by atoms with Crippen LogP contribution in [0.25, 0.3) is 0 Å². The summed E-state index contributed by atoms with van der Waals surface area (Å²) in [6.07, 6.45) is 6.75. The maximum atomic E-state index is 12.6. The second-order valence-corrected chi connectivity index (χ2v) is 7.61. The number of hydrogen-bond donors (Lipinski definition) is 0. The van der Waals surface area contributed by atoms with Gasteiger partial charge < -0.3 is 4.90 Å². The number of amides is 1. The molecule has 5 nitrogen and oxygen atoms in total. The van der Waals surface area contributed by atoms with Crippen molar-refractivity contribution in [1.82, 2.24) is 19.7 Å². The number of rotatable bonds is 6. The lowest BCUT2D eigenvalue weighted by atomic mass is 9.91. The molecule has 1 amide bonds. The smallest absolute Gasteiger partial charge is 0.222 e. The highest BCUT2D eigenvalue weighted by molar-refractivity contribution is 5.76. The summed E-state index contributed by atoms with van der Waals surface area (Å²) in [5.74, 6) is 0.839. The standard InChI is InChI=1S/C21H30N4O/c1-16-8-9-19(14-22-16)13-20-6-4-10-24(15-20)21(26)7-5-11-25-18(3)12-17(2)23-25/h8-9,12,14,20H,4-7,10-11,13,15H2,1-3H3/t20-/m1/s1. The van der Waals surface area contributed by atoms with Gasteiger partial charge in [0.1, 0.15) is 0 Å². The van der Waals surface area contributed by atoms with Gasteiger partial charge in [-0.05, 0) is 70.1 Å². The van der Waals surface area contributed by atoms with Gasteiger partial charge in [0.25, 0.3) is 0 Å². The molecular formula is C21H30N4O. The minimum atomic E-state index is 0.290. The second-order valence-electron chi connectivity index (χ2n) is 7.61. The number of aromatic nitrogens is 3. The van der Waals surface area contributed by atoms with Crippen molar-refractivity contribution in [1.29, 1.82) is 0 Å². The molecule has 1 saturated heterocycles. The number of pyridine rings is 1. The predicted molar refractivity (Wildman–Crippen MR) is 103 cm³/mol. The molecule has 1 aliphatic heterocycles. The molecule has 140 valence electrons. The van der Waals surface area contributed by atoms with Crippen LogP contribution in [0.4, 0.5) is 0 Å².